The van der Waals surface area contributed by atoms with Crippen LogP contribution < -0.4 is 11.1 Å². The fourth-order valence-corrected chi connectivity index (χ4v) is 2.44. The molecule has 0 bridgehead atoms. The average Bonchev–Trinajstić information content (AvgIpc) is 2.64. The molecule has 0 amide bonds. The minimum atomic E-state index is 0.200. The molecule has 0 saturated heterocycles. The van der Waals surface area contributed by atoms with Gasteiger partial charge in [-0.3, -0.25) is 0 Å². The molecule has 1 aromatic rings. The highest BCUT2D eigenvalue weighted by molar-refractivity contribution is 7.16. The fourth-order valence-electron chi connectivity index (χ4n) is 1.35. The zero-order chi connectivity index (χ0) is 12.0. The highest BCUT2D eigenvalue weighted by Gasteiger charge is 2.04. The average molecular weight is 262 g/mol. The number of oxime groups is 1. The van der Waals surface area contributed by atoms with Gasteiger partial charge in [0.15, 0.2) is 0 Å². The van der Waals surface area contributed by atoms with Crippen LogP contribution in [0.25, 0.3) is 0 Å². The van der Waals surface area contributed by atoms with Crippen molar-refractivity contribution in [3.8, 4) is 0 Å². The maximum Gasteiger partial charge on any atom is 0.140 e. The van der Waals surface area contributed by atoms with Crippen molar-refractivity contribution in [3.63, 3.8) is 0 Å². The van der Waals surface area contributed by atoms with Gasteiger partial charge in [-0.25, -0.2) is 0 Å². The van der Waals surface area contributed by atoms with Crippen LogP contribution >= 0.6 is 22.9 Å². The van der Waals surface area contributed by atoms with Crippen LogP contribution in [0.5, 0.6) is 0 Å². The number of nitrogens with one attached hydrogen (secondary N) is 1. The van der Waals surface area contributed by atoms with Crippen molar-refractivity contribution in [2.75, 3.05) is 6.54 Å². The Morgan fingerprint density at radius 1 is 1.69 bits per heavy atom. The van der Waals surface area contributed by atoms with Crippen LogP contribution in [0.3, 0.4) is 0 Å². The first-order chi connectivity index (χ1) is 7.61. The maximum absolute atomic E-state index is 8.41. The Hall–Kier alpha value is -0.780. The van der Waals surface area contributed by atoms with Crippen LogP contribution in [-0.2, 0) is 6.42 Å². The van der Waals surface area contributed by atoms with E-state index in [1.54, 1.807) is 11.3 Å². The summed E-state index contributed by atoms with van der Waals surface area (Å²) < 4.78 is 0.819. The summed E-state index contributed by atoms with van der Waals surface area (Å²) in [7, 11) is 0. The van der Waals surface area contributed by atoms with Gasteiger partial charge in [-0.15, -0.1) is 11.3 Å². The van der Waals surface area contributed by atoms with E-state index in [1.807, 2.05) is 19.1 Å². The predicted molar refractivity (Wildman–Crippen MR) is 68.5 cm³/mol. The largest absolute Gasteiger partial charge is 0.409 e. The number of hydrogen-bond donors (Lipinski definition) is 3. The van der Waals surface area contributed by atoms with Gasteiger partial charge in [-0.05, 0) is 25.5 Å². The first-order valence-corrected chi connectivity index (χ1v) is 6.25. The molecule has 1 atom stereocenters. The molecule has 0 aliphatic rings. The highest BCUT2D eigenvalue weighted by Crippen LogP contribution is 2.21. The van der Waals surface area contributed by atoms with Crippen LogP contribution in [0.15, 0.2) is 17.3 Å². The molecule has 1 rings (SSSR count). The molecular weight excluding hydrogens is 246 g/mol. The molecular formula is C10H16ClN3OS. The second-order valence-corrected chi connectivity index (χ2v) is 5.41. The molecule has 6 heteroatoms. The molecule has 0 aliphatic heterocycles. The lowest BCUT2D eigenvalue weighted by atomic mass is 10.2. The van der Waals surface area contributed by atoms with Gasteiger partial charge in [0.25, 0.3) is 0 Å². The van der Waals surface area contributed by atoms with Crippen molar-refractivity contribution in [3.05, 3.63) is 21.3 Å². The molecule has 4 nitrogen and oxygen atoms in total. The van der Waals surface area contributed by atoms with Crippen molar-refractivity contribution in [2.45, 2.75) is 25.8 Å². The van der Waals surface area contributed by atoms with E-state index >= 15 is 0 Å². The van der Waals surface area contributed by atoms with Crippen molar-refractivity contribution in [2.24, 2.45) is 10.9 Å². The number of hydrogen-bond acceptors (Lipinski definition) is 4. The van der Waals surface area contributed by atoms with E-state index in [1.165, 1.54) is 4.88 Å². The number of rotatable bonds is 6. The van der Waals surface area contributed by atoms with Gasteiger partial charge < -0.3 is 16.3 Å². The van der Waals surface area contributed by atoms with E-state index in [0.29, 0.717) is 6.42 Å². The maximum atomic E-state index is 8.41. The highest BCUT2D eigenvalue weighted by atomic mass is 35.5. The second-order valence-electron chi connectivity index (χ2n) is 3.61. The first kappa shape index (κ1) is 13.3. The number of thiophene rings is 1. The first-order valence-electron chi connectivity index (χ1n) is 5.06. The molecule has 0 aliphatic carbocycles. The molecule has 0 aromatic carbocycles. The van der Waals surface area contributed by atoms with Crippen molar-refractivity contribution < 1.29 is 5.21 Å². The zero-order valence-electron chi connectivity index (χ0n) is 9.11. The molecule has 1 heterocycles. The lowest BCUT2D eigenvalue weighted by molar-refractivity contribution is 0.316. The number of nitrogens with zero attached hydrogens (tertiary/aromatic N) is 1. The monoisotopic (exact) mass is 261 g/mol. The summed E-state index contributed by atoms with van der Waals surface area (Å²) >= 11 is 7.42. The minimum Gasteiger partial charge on any atom is -0.409 e. The third-order valence-corrected chi connectivity index (χ3v) is 3.43. The molecule has 90 valence electrons. The Bertz CT molecular complexity index is 354. The normalized spacial score (nSPS) is 14.0. The summed E-state index contributed by atoms with van der Waals surface area (Å²) in [5, 5.41) is 14.6. The van der Waals surface area contributed by atoms with Crippen LogP contribution in [0.2, 0.25) is 4.34 Å². The molecule has 0 radical (unpaired) electrons. The van der Waals surface area contributed by atoms with Gasteiger partial charge in [0.05, 0.1) is 4.34 Å². The summed E-state index contributed by atoms with van der Waals surface area (Å²) in [6.45, 7) is 2.86. The summed E-state index contributed by atoms with van der Waals surface area (Å²) in [6, 6.07) is 4.14. The Kier molecular flexibility index (Phi) is 5.59. The summed E-state index contributed by atoms with van der Waals surface area (Å²) in [5.41, 5.74) is 5.40. The lowest BCUT2D eigenvalue weighted by Crippen LogP contribution is -2.32. The Morgan fingerprint density at radius 2 is 2.44 bits per heavy atom. The predicted octanol–water partition coefficient (Wildman–Crippen LogP) is 2.06. The Labute approximate surface area is 104 Å². The van der Waals surface area contributed by atoms with Crippen molar-refractivity contribution in [1.29, 1.82) is 0 Å². The molecule has 1 unspecified atom stereocenters. The van der Waals surface area contributed by atoms with E-state index in [-0.39, 0.29) is 11.9 Å². The lowest BCUT2D eigenvalue weighted by Gasteiger charge is -2.11. The van der Waals surface area contributed by atoms with Crippen LogP contribution in [0.1, 0.15) is 18.2 Å². The van der Waals surface area contributed by atoms with E-state index in [9.17, 15) is 0 Å². The van der Waals surface area contributed by atoms with Crippen LogP contribution in [-0.4, -0.2) is 23.6 Å². The van der Waals surface area contributed by atoms with E-state index < -0.39 is 0 Å². The SMILES string of the molecule is CC(C/C(N)=N/O)NCCc1ccc(Cl)s1. The standard InChI is InChI=1S/C10H16ClN3OS/c1-7(6-10(12)14-15)13-5-4-8-2-3-9(11)16-8/h2-3,7,13,15H,4-6H2,1H3,(H2,12,14). The van der Waals surface area contributed by atoms with E-state index in [4.69, 9.17) is 22.5 Å². The Balaban J connectivity index is 2.20. The number of amidine groups is 1. The van der Waals surface area contributed by atoms with Crippen LogP contribution in [0.4, 0.5) is 0 Å². The fraction of sp³-hybridized carbons (Fsp3) is 0.500. The molecule has 0 saturated carbocycles. The molecule has 4 N–H and O–H groups in total. The molecule has 0 fully saturated rings. The van der Waals surface area contributed by atoms with Gasteiger partial charge in [0.1, 0.15) is 5.84 Å². The van der Waals surface area contributed by atoms with Crippen molar-refractivity contribution in [1.82, 2.24) is 5.32 Å². The summed E-state index contributed by atoms with van der Waals surface area (Å²) in [5.74, 6) is 0.249. The van der Waals surface area contributed by atoms with E-state index in [0.717, 1.165) is 17.3 Å². The third kappa shape index (κ3) is 4.83. The van der Waals surface area contributed by atoms with Gasteiger partial charge in [-0.1, -0.05) is 16.8 Å². The van der Waals surface area contributed by atoms with Gasteiger partial charge in [0.2, 0.25) is 0 Å². The van der Waals surface area contributed by atoms with Gasteiger partial charge in [-0.2, -0.15) is 0 Å². The van der Waals surface area contributed by atoms with Crippen LogP contribution in [0, 0.1) is 0 Å². The summed E-state index contributed by atoms with van der Waals surface area (Å²) in [4.78, 5) is 1.26. The van der Waals surface area contributed by atoms with Gasteiger partial charge >= 0.3 is 0 Å². The number of nitrogens with two attached hydrogens (primary N) is 1. The molecule has 1 aromatic heterocycles. The second kappa shape index (κ2) is 6.73. The topological polar surface area (TPSA) is 70.6 Å². The van der Waals surface area contributed by atoms with E-state index in [2.05, 4.69) is 10.5 Å². The quantitative estimate of drug-likeness (QED) is 0.318. The van der Waals surface area contributed by atoms with Crippen molar-refractivity contribution >= 4 is 28.8 Å². The smallest absolute Gasteiger partial charge is 0.140 e. The third-order valence-electron chi connectivity index (χ3n) is 2.14. The minimum absolute atomic E-state index is 0.200. The zero-order valence-corrected chi connectivity index (χ0v) is 10.7. The molecule has 16 heavy (non-hydrogen) atoms. The van der Waals surface area contributed by atoms with Gasteiger partial charge in [0, 0.05) is 23.9 Å². The summed E-state index contributed by atoms with van der Waals surface area (Å²) in [6.07, 6.45) is 1.49. The molecule has 0 spiro atoms. The Morgan fingerprint density at radius 3 is 3.00 bits per heavy atom. The number of halogens is 1.